The van der Waals surface area contributed by atoms with Crippen molar-refractivity contribution in [2.45, 2.75) is 17.8 Å². The monoisotopic (exact) mass is 417 g/mol. The van der Waals surface area contributed by atoms with Crippen LogP contribution in [0.1, 0.15) is 21.5 Å². The molecule has 0 aliphatic heterocycles. The molecule has 6 nitrogen and oxygen atoms in total. The number of benzene rings is 2. The van der Waals surface area contributed by atoms with Gasteiger partial charge in [-0.3, -0.25) is 4.79 Å². The van der Waals surface area contributed by atoms with Gasteiger partial charge in [0, 0.05) is 11.9 Å². The predicted octanol–water partition coefficient (Wildman–Crippen LogP) is 4.17. The molecule has 0 aliphatic rings. The van der Waals surface area contributed by atoms with Gasteiger partial charge in [-0.1, -0.05) is 36.0 Å². The average Bonchev–Trinajstić information content (AvgIpc) is 2.77. The first kappa shape index (κ1) is 19.8. The zero-order chi connectivity index (χ0) is 21.1. The molecule has 0 spiro atoms. The lowest BCUT2D eigenvalue weighted by atomic mass is 10.1. The van der Waals surface area contributed by atoms with Crippen LogP contribution < -0.4 is 5.56 Å². The summed E-state index contributed by atoms with van der Waals surface area (Å²) in [6, 6.07) is 18.2. The molecule has 2 heterocycles. The Morgan fingerprint density at radius 2 is 1.87 bits per heavy atom. The van der Waals surface area contributed by atoms with E-state index in [0.29, 0.717) is 33.2 Å². The lowest BCUT2D eigenvalue weighted by Gasteiger charge is -2.13. The summed E-state index contributed by atoms with van der Waals surface area (Å²) in [5.74, 6) is 0.754. The van der Waals surface area contributed by atoms with Crippen molar-refractivity contribution in [1.82, 2.24) is 14.5 Å². The SMILES string of the molecule is COC(=O)c1ccc(CSc2nc3ccccc3c(=O)n2-c2cc(C)ccn2)cc1. The number of rotatable bonds is 5. The van der Waals surface area contributed by atoms with Crippen molar-refractivity contribution in [3.05, 3.63) is 93.9 Å². The highest BCUT2D eigenvalue weighted by molar-refractivity contribution is 7.98. The summed E-state index contributed by atoms with van der Waals surface area (Å²) in [6.07, 6.45) is 1.69. The molecule has 2 aromatic heterocycles. The molecule has 150 valence electrons. The van der Waals surface area contributed by atoms with Gasteiger partial charge < -0.3 is 4.74 Å². The van der Waals surface area contributed by atoms with Crippen LogP contribution in [0.4, 0.5) is 0 Å². The molecule has 0 fully saturated rings. The van der Waals surface area contributed by atoms with Gasteiger partial charge in [-0.25, -0.2) is 19.3 Å². The molecule has 2 aromatic carbocycles. The Kier molecular flexibility index (Phi) is 5.63. The van der Waals surface area contributed by atoms with Gasteiger partial charge in [0.25, 0.3) is 5.56 Å². The fraction of sp³-hybridized carbons (Fsp3) is 0.130. The second-order valence-corrected chi connectivity index (χ2v) is 7.66. The van der Waals surface area contributed by atoms with E-state index in [1.165, 1.54) is 18.9 Å². The normalized spacial score (nSPS) is 10.9. The summed E-state index contributed by atoms with van der Waals surface area (Å²) in [7, 11) is 1.36. The van der Waals surface area contributed by atoms with Gasteiger partial charge in [0.15, 0.2) is 5.16 Å². The molecule has 0 saturated carbocycles. The lowest BCUT2D eigenvalue weighted by Crippen LogP contribution is -2.22. The number of hydrogen-bond acceptors (Lipinski definition) is 6. The van der Waals surface area contributed by atoms with E-state index < -0.39 is 0 Å². The van der Waals surface area contributed by atoms with Crippen LogP contribution in [0.25, 0.3) is 16.7 Å². The number of aryl methyl sites for hydroxylation is 1. The number of aromatic nitrogens is 3. The van der Waals surface area contributed by atoms with Gasteiger partial charge in [0.2, 0.25) is 0 Å². The number of methoxy groups -OCH3 is 1. The van der Waals surface area contributed by atoms with E-state index in [1.54, 1.807) is 29.0 Å². The van der Waals surface area contributed by atoms with Crippen LogP contribution in [0.3, 0.4) is 0 Å². The van der Waals surface area contributed by atoms with Crippen LogP contribution in [0.5, 0.6) is 0 Å². The number of hydrogen-bond donors (Lipinski definition) is 0. The number of fused-ring (bicyclic) bond motifs is 1. The van der Waals surface area contributed by atoms with Crippen molar-refractivity contribution in [1.29, 1.82) is 0 Å². The molecule has 0 aliphatic carbocycles. The first-order valence-electron chi connectivity index (χ1n) is 9.31. The highest BCUT2D eigenvalue weighted by Crippen LogP contribution is 2.24. The highest BCUT2D eigenvalue weighted by atomic mass is 32.2. The summed E-state index contributed by atoms with van der Waals surface area (Å²) in [4.78, 5) is 34.0. The number of para-hydroxylation sites is 1. The number of carbonyl (C=O) groups is 1. The number of ether oxygens (including phenoxy) is 1. The van der Waals surface area contributed by atoms with E-state index in [-0.39, 0.29) is 11.5 Å². The largest absolute Gasteiger partial charge is 0.465 e. The third-order valence-corrected chi connectivity index (χ3v) is 5.63. The molecule has 0 unspecified atom stereocenters. The Morgan fingerprint density at radius 1 is 1.10 bits per heavy atom. The Hall–Kier alpha value is -3.45. The quantitative estimate of drug-likeness (QED) is 0.276. The maximum Gasteiger partial charge on any atom is 0.337 e. The fourth-order valence-corrected chi connectivity index (χ4v) is 4.01. The number of carbonyl (C=O) groups excluding carboxylic acids is 1. The van der Waals surface area contributed by atoms with Gasteiger partial charge in [-0.2, -0.15) is 0 Å². The number of esters is 1. The zero-order valence-electron chi connectivity index (χ0n) is 16.5. The Morgan fingerprint density at radius 3 is 2.60 bits per heavy atom. The molecule has 0 radical (unpaired) electrons. The van der Waals surface area contributed by atoms with Crippen molar-refractivity contribution < 1.29 is 9.53 Å². The minimum absolute atomic E-state index is 0.151. The summed E-state index contributed by atoms with van der Waals surface area (Å²) < 4.78 is 6.29. The molecular formula is C23H19N3O3S. The first-order chi connectivity index (χ1) is 14.6. The van der Waals surface area contributed by atoms with Gasteiger partial charge in [-0.15, -0.1) is 0 Å². The molecular weight excluding hydrogens is 398 g/mol. The van der Waals surface area contributed by atoms with Crippen LogP contribution in [-0.4, -0.2) is 27.6 Å². The molecule has 4 rings (SSSR count). The molecule has 7 heteroatoms. The maximum absolute atomic E-state index is 13.2. The van der Waals surface area contributed by atoms with Crippen molar-refractivity contribution in [3.8, 4) is 5.82 Å². The van der Waals surface area contributed by atoms with Crippen LogP contribution in [0, 0.1) is 6.92 Å². The van der Waals surface area contributed by atoms with E-state index in [4.69, 9.17) is 9.72 Å². The zero-order valence-corrected chi connectivity index (χ0v) is 17.3. The third-order valence-electron chi connectivity index (χ3n) is 4.62. The Labute approximate surface area is 177 Å². The molecule has 0 saturated heterocycles. The number of thioether (sulfide) groups is 1. The lowest BCUT2D eigenvalue weighted by molar-refractivity contribution is 0.0600. The number of nitrogens with zero attached hydrogens (tertiary/aromatic N) is 3. The van der Waals surface area contributed by atoms with Gasteiger partial charge >= 0.3 is 5.97 Å². The standard InChI is InChI=1S/C23H19N3O3S/c1-15-11-12-24-20(13-15)26-21(27)18-5-3-4-6-19(18)25-23(26)30-14-16-7-9-17(10-8-16)22(28)29-2/h3-13H,14H2,1-2H3. The van der Waals surface area contributed by atoms with Crippen LogP contribution >= 0.6 is 11.8 Å². The van der Waals surface area contributed by atoms with Crippen LogP contribution in [0.15, 0.2) is 76.8 Å². The molecule has 0 amide bonds. The summed E-state index contributed by atoms with van der Waals surface area (Å²) in [5, 5.41) is 1.11. The smallest absolute Gasteiger partial charge is 0.337 e. The van der Waals surface area contributed by atoms with E-state index in [0.717, 1.165) is 11.1 Å². The van der Waals surface area contributed by atoms with Crippen molar-refractivity contribution in [3.63, 3.8) is 0 Å². The van der Waals surface area contributed by atoms with Crippen molar-refractivity contribution in [2.75, 3.05) is 7.11 Å². The summed E-state index contributed by atoms with van der Waals surface area (Å²) in [6.45, 7) is 1.96. The molecule has 0 atom stereocenters. The van der Waals surface area contributed by atoms with E-state index in [9.17, 15) is 9.59 Å². The van der Waals surface area contributed by atoms with E-state index in [2.05, 4.69) is 4.98 Å². The van der Waals surface area contributed by atoms with E-state index >= 15 is 0 Å². The second-order valence-electron chi connectivity index (χ2n) is 6.72. The second kappa shape index (κ2) is 8.51. The van der Waals surface area contributed by atoms with Crippen molar-refractivity contribution in [2.24, 2.45) is 0 Å². The topological polar surface area (TPSA) is 74.1 Å². The van der Waals surface area contributed by atoms with E-state index in [1.807, 2.05) is 49.4 Å². The van der Waals surface area contributed by atoms with Gasteiger partial charge in [0.05, 0.1) is 23.6 Å². The Balaban J connectivity index is 1.73. The first-order valence-corrected chi connectivity index (χ1v) is 10.3. The predicted molar refractivity (Wildman–Crippen MR) is 117 cm³/mol. The fourth-order valence-electron chi connectivity index (χ4n) is 3.06. The third kappa shape index (κ3) is 3.97. The molecule has 0 N–H and O–H groups in total. The van der Waals surface area contributed by atoms with Crippen molar-refractivity contribution >= 4 is 28.6 Å². The van der Waals surface area contributed by atoms with Crippen LogP contribution in [0.2, 0.25) is 0 Å². The highest BCUT2D eigenvalue weighted by Gasteiger charge is 2.14. The summed E-state index contributed by atoms with van der Waals surface area (Å²) >= 11 is 1.45. The van der Waals surface area contributed by atoms with Gasteiger partial charge in [-0.05, 0) is 54.4 Å². The number of pyridine rings is 1. The molecule has 0 bridgehead atoms. The minimum Gasteiger partial charge on any atom is -0.465 e. The molecule has 30 heavy (non-hydrogen) atoms. The Bertz CT molecular complexity index is 1280. The minimum atomic E-state index is -0.371. The van der Waals surface area contributed by atoms with Gasteiger partial charge in [0.1, 0.15) is 5.82 Å². The average molecular weight is 417 g/mol. The van der Waals surface area contributed by atoms with Crippen LogP contribution in [-0.2, 0) is 10.5 Å². The molecule has 4 aromatic rings. The maximum atomic E-state index is 13.2. The summed E-state index contributed by atoms with van der Waals surface area (Å²) in [5.41, 5.74) is 3.00.